The van der Waals surface area contributed by atoms with Crippen LogP contribution < -0.4 is 4.90 Å². The lowest BCUT2D eigenvalue weighted by molar-refractivity contribution is 0.141. The van der Waals surface area contributed by atoms with Gasteiger partial charge in [-0.25, -0.2) is 18.7 Å². The van der Waals surface area contributed by atoms with E-state index in [0.717, 1.165) is 0 Å². The van der Waals surface area contributed by atoms with Crippen LogP contribution in [0.1, 0.15) is 19.2 Å². The molecule has 0 fully saturated rings. The third-order valence-electron chi connectivity index (χ3n) is 3.27. The summed E-state index contributed by atoms with van der Waals surface area (Å²) in [5.74, 6) is 0.396. The lowest BCUT2D eigenvalue weighted by Gasteiger charge is -2.26. The van der Waals surface area contributed by atoms with E-state index in [2.05, 4.69) is 9.97 Å². The Morgan fingerprint density at radius 2 is 1.95 bits per heavy atom. The normalized spacial score (nSPS) is 14.4. The summed E-state index contributed by atoms with van der Waals surface area (Å²) >= 11 is 0. The van der Waals surface area contributed by atoms with Gasteiger partial charge in [0.1, 0.15) is 5.82 Å². The van der Waals surface area contributed by atoms with Gasteiger partial charge in [0.25, 0.3) is 6.43 Å². The summed E-state index contributed by atoms with van der Waals surface area (Å²) in [5, 5.41) is 0.707. The van der Waals surface area contributed by atoms with Crippen molar-refractivity contribution in [1.82, 2.24) is 9.97 Å². The monoisotopic (exact) mass is 313 g/mol. The van der Waals surface area contributed by atoms with E-state index in [9.17, 15) is 13.0 Å². The van der Waals surface area contributed by atoms with Crippen LogP contribution in [0.5, 0.6) is 0 Å². The fourth-order valence-corrected chi connectivity index (χ4v) is 3.01. The molecule has 0 saturated carbocycles. The van der Waals surface area contributed by atoms with Gasteiger partial charge in [-0.2, -0.15) is 0 Å². The van der Waals surface area contributed by atoms with E-state index in [0.29, 0.717) is 22.5 Å². The maximum Gasteiger partial charge on any atom is 0.297 e. The summed E-state index contributed by atoms with van der Waals surface area (Å²) in [7, 11) is 0.794. The number of para-hydroxylation sites is 1. The van der Waals surface area contributed by atoms with Gasteiger partial charge >= 0.3 is 0 Å². The van der Waals surface area contributed by atoms with Crippen molar-refractivity contribution in [3.63, 3.8) is 0 Å². The molecule has 2 atom stereocenters. The van der Waals surface area contributed by atoms with Crippen molar-refractivity contribution in [2.45, 2.75) is 19.4 Å². The fourth-order valence-electron chi connectivity index (χ4n) is 2.10. The first kappa shape index (κ1) is 15.8. The molecule has 4 nitrogen and oxygen atoms in total. The second-order valence-corrected chi connectivity index (χ2v) is 6.40. The highest BCUT2D eigenvalue weighted by atomic mass is 32.2. The number of halogens is 2. The largest absolute Gasteiger partial charge is 0.355 e. The van der Waals surface area contributed by atoms with Gasteiger partial charge in [0.05, 0.1) is 5.52 Å². The minimum Gasteiger partial charge on any atom is -0.355 e. The Bertz CT molecular complexity index is 666. The number of nitrogens with zero attached hydrogens (tertiary/aromatic N) is 3. The Hall–Kier alpha value is -1.63. The summed E-state index contributed by atoms with van der Waals surface area (Å²) in [6.45, 7) is 1.89. The summed E-state index contributed by atoms with van der Waals surface area (Å²) in [4.78, 5) is 9.66. The zero-order valence-electron chi connectivity index (χ0n) is 12.1. The zero-order chi connectivity index (χ0) is 15.6. The second kappa shape index (κ2) is 6.43. The van der Waals surface area contributed by atoms with E-state index < -0.39 is 23.0 Å². The van der Waals surface area contributed by atoms with Crippen LogP contribution in [0.2, 0.25) is 0 Å². The first-order valence-corrected chi connectivity index (χ1v) is 8.20. The van der Waals surface area contributed by atoms with E-state index in [1.807, 2.05) is 13.0 Å². The molecule has 0 radical (unpaired) electrons. The van der Waals surface area contributed by atoms with Crippen molar-refractivity contribution in [1.29, 1.82) is 0 Å². The van der Waals surface area contributed by atoms with Crippen LogP contribution in [0, 0.1) is 0 Å². The Morgan fingerprint density at radius 3 is 2.57 bits per heavy atom. The van der Waals surface area contributed by atoms with Crippen molar-refractivity contribution >= 4 is 27.5 Å². The number of aromatic nitrogens is 2. The molecular formula is C14H17F2N3OS. The lowest BCUT2D eigenvalue weighted by Crippen LogP contribution is -2.34. The molecule has 1 heterocycles. The van der Waals surface area contributed by atoms with Gasteiger partial charge in [-0.3, -0.25) is 4.21 Å². The van der Waals surface area contributed by atoms with E-state index in [1.165, 1.54) is 0 Å². The smallest absolute Gasteiger partial charge is 0.297 e. The molecule has 0 saturated heterocycles. The van der Waals surface area contributed by atoms with Crippen molar-refractivity contribution < 1.29 is 13.0 Å². The summed E-state index contributed by atoms with van der Waals surface area (Å²) < 4.78 is 37.3. The number of benzene rings is 1. The van der Waals surface area contributed by atoms with Gasteiger partial charge in [0, 0.05) is 41.3 Å². The topological polar surface area (TPSA) is 46.1 Å². The van der Waals surface area contributed by atoms with Crippen molar-refractivity contribution in [3.05, 3.63) is 30.1 Å². The summed E-state index contributed by atoms with van der Waals surface area (Å²) in [5.41, 5.74) is 0.481. The van der Waals surface area contributed by atoms with E-state index in [1.54, 1.807) is 36.4 Å². The van der Waals surface area contributed by atoms with Gasteiger partial charge < -0.3 is 4.90 Å². The average molecular weight is 313 g/mol. The Morgan fingerprint density at radius 1 is 1.29 bits per heavy atom. The van der Waals surface area contributed by atoms with Crippen molar-refractivity contribution in [2.24, 2.45) is 0 Å². The molecule has 2 rings (SSSR count). The highest BCUT2D eigenvalue weighted by Crippen LogP contribution is 2.27. The van der Waals surface area contributed by atoms with Crippen LogP contribution in [-0.2, 0) is 10.8 Å². The molecular weight excluding hydrogens is 296 g/mol. The zero-order valence-corrected chi connectivity index (χ0v) is 12.9. The summed E-state index contributed by atoms with van der Waals surface area (Å²) in [6.07, 6.45) is -1.11. The van der Waals surface area contributed by atoms with Gasteiger partial charge in [-0.1, -0.05) is 12.1 Å². The molecule has 21 heavy (non-hydrogen) atoms. The molecule has 1 aromatic heterocycles. The highest BCUT2D eigenvalue weighted by Gasteiger charge is 2.20. The van der Waals surface area contributed by atoms with Crippen molar-refractivity contribution in [2.75, 3.05) is 24.0 Å². The van der Waals surface area contributed by atoms with E-state index in [4.69, 9.17) is 0 Å². The maximum atomic E-state index is 13.0. The SMILES string of the molecule is CC(CS(C)=O)N(C)c1nc(C(F)F)nc2ccccc12. The minimum atomic E-state index is -2.72. The van der Waals surface area contributed by atoms with E-state index in [-0.39, 0.29) is 6.04 Å². The number of anilines is 1. The van der Waals surface area contributed by atoms with Crippen LogP contribution >= 0.6 is 0 Å². The maximum absolute atomic E-state index is 13.0. The average Bonchev–Trinajstić information content (AvgIpc) is 2.44. The number of hydrogen-bond donors (Lipinski definition) is 0. The molecule has 7 heteroatoms. The summed E-state index contributed by atoms with van der Waals surface area (Å²) in [6, 6.07) is 6.96. The Balaban J connectivity index is 2.52. The molecule has 0 N–H and O–H groups in total. The number of rotatable bonds is 5. The number of alkyl halides is 2. The van der Waals surface area contributed by atoms with E-state index >= 15 is 0 Å². The number of hydrogen-bond acceptors (Lipinski definition) is 4. The third-order valence-corrected chi connectivity index (χ3v) is 4.22. The van der Waals surface area contributed by atoms with Crippen LogP contribution in [0.15, 0.2) is 24.3 Å². The first-order chi connectivity index (χ1) is 9.90. The molecule has 0 amide bonds. The predicted octanol–water partition coefficient (Wildman–Crippen LogP) is 2.77. The fraction of sp³-hybridized carbons (Fsp3) is 0.429. The molecule has 0 aliphatic carbocycles. The van der Waals surface area contributed by atoms with Gasteiger partial charge in [-0.05, 0) is 19.1 Å². The van der Waals surface area contributed by atoms with Gasteiger partial charge in [-0.15, -0.1) is 0 Å². The Kier molecular flexibility index (Phi) is 4.82. The van der Waals surface area contributed by atoms with Crippen LogP contribution in [0.4, 0.5) is 14.6 Å². The second-order valence-electron chi connectivity index (χ2n) is 4.92. The van der Waals surface area contributed by atoms with Crippen LogP contribution in [0.25, 0.3) is 10.9 Å². The highest BCUT2D eigenvalue weighted by molar-refractivity contribution is 7.84. The quantitative estimate of drug-likeness (QED) is 0.851. The third kappa shape index (κ3) is 3.53. The lowest BCUT2D eigenvalue weighted by atomic mass is 10.2. The molecule has 114 valence electrons. The Labute approximate surface area is 124 Å². The molecule has 0 aliphatic heterocycles. The molecule has 2 unspecified atom stereocenters. The standard InChI is InChI=1S/C14H17F2N3OS/c1-9(8-21(3)20)19(2)14-10-6-4-5-7-11(10)17-13(18-14)12(15)16/h4-7,9,12H,8H2,1-3H3. The van der Waals surface area contributed by atoms with Gasteiger partial charge in [0.2, 0.25) is 0 Å². The number of fused-ring (bicyclic) bond motifs is 1. The first-order valence-electron chi connectivity index (χ1n) is 6.48. The molecule has 1 aromatic carbocycles. The predicted molar refractivity (Wildman–Crippen MR) is 81.3 cm³/mol. The van der Waals surface area contributed by atoms with Crippen LogP contribution in [-0.4, -0.2) is 39.3 Å². The molecule has 0 bridgehead atoms. The van der Waals surface area contributed by atoms with Crippen LogP contribution in [0.3, 0.4) is 0 Å². The minimum absolute atomic E-state index is 0.0836. The van der Waals surface area contributed by atoms with Gasteiger partial charge in [0.15, 0.2) is 5.82 Å². The van der Waals surface area contributed by atoms with Crippen molar-refractivity contribution in [3.8, 4) is 0 Å². The molecule has 0 aliphatic rings. The molecule has 2 aromatic rings. The molecule has 0 spiro atoms.